The third-order valence-electron chi connectivity index (χ3n) is 5.59. The van der Waals surface area contributed by atoms with Crippen molar-refractivity contribution in [1.29, 1.82) is 0 Å². The van der Waals surface area contributed by atoms with Crippen LogP contribution in [0.4, 0.5) is 11.4 Å². The van der Waals surface area contributed by atoms with Crippen molar-refractivity contribution in [2.24, 2.45) is 5.92 Å². The lowest BCUT2D eigenvalue weighted by molar-refractivity contribution is -0.152. The minimum atomic E-state index is -0.912. The molecule has 0 aliphatic carbocycles. The largest absolute Gasteiger partial charge is 0.465 e. The molecule has 9 nitrogen and oxygen atoms in total. The van der Waals surface area contributed by atoms with Crippen LogP contribution in [0.2, 0.25) is 0 Å². The molecule has 1 heterocycles. The van der Waals surface area contributed by atoms with Gasteiger partial charge in [0.25, 0.3) is 5.91 Å². The van der Waals surface area contributed by atoms with Crippen LogP contribution in [0, 0.1) is 5.92 Å². The topological polar surface area (TPSA) is 108 Å². The van der Waals surface area contributed by atoms with E-state index in [1.165, 1.54) is 4.90 Å². The van der Waals surface area contributed by atoms with Gasteiger partial charge in [-0.05, 0) is 36.2 Å². The summed E-state index contributed by atoms with van der Waals surface area (Å²) in [5, 5.41) is 5.74. The minimum absolute atomic E-state index is 0.0863. The summed E-state index contributed by atoms with van der Waals surface area (Å²) in [7, 11) is 1.70. The van der Waals surface area contributed by atoms with Crippen molar-refractivity contribution in [3.8, 4) is 0 Å². The Bertz CT molecular complexity index is 1060. The molecule has 2 aromatic carbocycles. The zero-order chi connectivity index (χ0) is 25.4. The Morgan fingerprint density at radius 2 is 1.89 bits per heavy atom. The van der Waals surface area contributed by atoms with Crippen molar-refractivity contribution in [3.05, 3.63) is 60.2 Å². The van der Waals surface area contributed by atoms with Gasteiger partial charge in [-0.3, -0.25) is 19.2 Å². The Hall–Kier alpha value is -3.88. The van der Waals surface area contributed by atoms with Gasteiger partial charge in [0.15, 0.2) is 0 Å². The van der Waals surface area contributed by atoms with E-state index in [4.69, 9.17) is 4.74 Å². The van der Waals surface area contributed by atoms with Gasteiger partial charge in [-0.15, -0.1) is 0 Å². The molecule has 1 unspecified atom stereocenters. The summed E-state index contributed by atoms with van der Waals surface area (Å²) in [5.41, 5.74) is 1.84. The number of anilines is 2. The molecular formula is C26H32N4O5. The van der Waals surface area contributed by atoms with Crippen LogP contribution in [0.3, 0.4) is 0 Å². The van der Waals surface area contributed by atoms with Gasteiger partial charge >= 0.3 is 5.97 Å². The SMILES string of the molecule is CC(C)COC(=O)CC1C(=O)NCCN1C(=O)CNc1cccc(C(=O)N(C)c2ccccc2)c1. The Labute approximate surface area is 205 Å². The molecule has 0 spiro atoms. The molecule has 3 rings (SSSR count). The highest BCUT2D eigenvalue weighted by atomic mass is 16.5. The summed E-state index contributed by atoms with van der Waals surface area (Å²) >= 11 is 0. The number of nitrogens with one attached hydrogen (secondary N) is 2. The fourth-order valence-corrected chi connectivity index (χ4v) is 3.70. The van der Waals surface area contributed by atoms with Crippen molar-refractivity contribution in [3.63, 3.8) is 0 Å². The van der Waals surface area contributed by atoms with Gasteiger partial charge in [-0.2, -0.15) is 0 Å². The lowest BCUT2D eigenvalue weighted by Gasteiger charge is -2.34. The smallest absolute Gasteiger partial charge is 0.308 e. The van der Waals surface area contributed by atoms with Crippen molar-refractivity contribution < 1.29 is 23.9 Å². The Kier molecular flexibility index (Phi) is 8.83. The van der Waals surface area contributed by atoms with E-state index in [1.54, 1.807) is 36.2 Å². The van der Waals surface area contributed by atoms with Crippen LogP contribution < -0.4 is 15.5 Å². The lowest BCUT2D eigenvalue weighted by atomic mass is 10.1. The third kappa shape index (κ3) is 7.05. The first-order valence-electron chi connectivity index (χ1n) is 11.7. The first-order valence-corrected chi connectivity index (χ1v) is 11.7. The Morgan fingerprint density at radius 1 is 1.14 bits per heavy atom. The highest BCUT2D eigenvalue weighted by molar-refractivity contribution is 6.06. The van der Waals surface area contributed by atoms with Crippen molar-refractivity contribution in [1.82, 2.24) is 10.2 Å². The van der Waals surface area contributed by atoms with E-state index >= 15 is 0 Å². The van der Waals surface area contributed by atoms with Gasteiger partial charge in [-0.1, -0.05) is 38.1 Å². The monoisotopic (exact) mass is 480 g/mol. The van der Waals surface area contributed by atoms with E-state index in [-0.39, 0.29) is 43.2 Å². The number of benzene rings is 2. The first-order chi connectivity index (χ1) is 16.8. The molecule has 2 N–H and O–H groups in total. The summed E-state index contributed by atoms with van der Waals surface area (Å²) in [5.74, 6) is -1.21. The number of carbonyl (C=O) groups excluding carboxylic acids is 4. The zero-order valence-electron chi connectivity index (χ0n) is 20.3. The Balaban J connectivity index is 1.62. The van der Waals surface area contributed by atoms with Crippen molar-refractivity contribution >= 4 is 35.1 Å². The zero-order valence-corrected chi connectivity index (χ0v) is 20.3. The molecule has 1 fully saturated rings. The maximum absolute atomic E-state index is 12.9. The molecule has 1 aliphatic rings. The van der Waals surface area contributed by atoms with Crippen molar-refractivity contribution in [2.45, 2.75) is 26.3 Å². The van der Waals surface area contributed by atoms with E-state index in [1.807, 2.05) is 44.2 Å². The molecule has 1 aliphatic heterocycles. The van der Waals surface area contributed by atoms with E-state index < -0.39 is 12.0 Å². The van der Waals surface area contributed by atoms with E-state index in [0.717, 1.165) is 5.69 Å². The van der Waals surface area contributed by atoms with Crippen LogP contribution in [0.15, 0.2) is 54.6 Å². The van der Waals surface area contributed by atoms with Gasteiger partial charge in [-0.25, -0.2) is 0 Å². The molecule has 1 saturated heterocycles. The van der Waals surface area contributed by atoms with E-state index in [9.17, 15) is 19.2 Å². The minimum Gasteiger partial charge on any atom is -0.465 e. The molecule has 9 heteroatoms. The molecule has 0 aromatic heterocycles. The number of esters is 1. The normalized spacial score (nSPS) is 15.4. The number of nitrogens with zero attached hydrogens (tertiary/aromatic N) is 2. The van der Waals surface area contributed by atoms with Crippen LogP contribution in [-0.2, 0) is 19.1 Å². The van der Waals surface area contributed by atoms with Crippen molar-refractivity contribution in [2.75, 3.05) is 43.5 Å². The predicted octanol–water partition coefficient (Wildman–Crippen LogP) is 2.29. The maximum Gasteiger partial charge on any atom is 0.308 e. The number of hydrogen-bond acceptors (Lipinski definition) is 6. The second-order valence-corrected chi connectivity index (χ2v) is 8.81. The lowest BCUT2D eigenvalue weighted by Crippen LogP contribution is -2.58. The fraction of sp³-hybridized carbons (Fsp3) is 0.385. The molecule has 0 saturated carbocycles. The molecule has 186 valence electrons. The highest BCUT2D eigenvalue weighted by Gasteiger charge is 2.35. The number of piperazine rings is 1. The van der Waals surface area contributed by atoms with Crippen LogP contribution in [0.1, 0.15) is 30.6 Å². The summed E-state index contributed by atoms with van der Waals surface area (Å²) in [6.45, 7) is 4.63. The van der Waals surface area contributed by atoms with Crippen LogP contribution in [0.25, 0.3) is 0 Å². The van der Waals surface area contributed by atoms with Gasteiger partial charge in [0.05, 0.1) is 19.6 Å². The molecule has 1 atom stereocenters. The maximum atomic E-state index is 12.9. The van der Waals surface area contributed by atoms with E-state index in [0.29, 0.717) is 24.3 Å². The second-order valence-electron chi connectivity index (χ2n) is 8.81. The third-order valence-corrected chi connectivity index (χ3v) is 5.59. The Morgan fingerprint density at radius 3 is 2.60 bits per heavy atom. The highest BCUT2D eigenvalue weighted by Crippen LogP contribution is 2.18. The number of hydrogen-bond donors (Lipinski definition) is 2. The molecule has 3 amide bonds. The number of carbonyl (C=O) groups is 4. The standard InChI is InChI=1S/C26H32N4O5/c1-18(2)17-35-24(32)15-22-25(33)27-12-13-30(22)23(31)16-28-20-9-7-8-19(14-20)26(34)29(3)21-10-5-4-6-11-21/h4-11,14,18,22,28H,12-13,15-17H2,1-3H3,(H,27,33). The van der Waals surface area contributed by atoms with Crippen LogP contribution in [-0.4, -0.2) is 67.9 Å². The van der Waals surface area contributed by atoms with Crippen LogP contribution in [0.5, 0.6) is 0 Å². The molecular weight excluding hydrogens is 448 g/mol. The predicted molar refractivity (Wildman–Crippen MR) is 133 cm³/mol. The van der Waals surface area contributed by atoms with Gasteiger partial charge in [0.2, 0.25) is 11.8 Å². The van der Waals surface area contributed by atoms with E-state index in [2.05, 4.69) is 10.6 Å². The summed E-state index contributed by atoms with van der Waals surface area (Å²) in [4.78, 5) is 53.4. The average molecular weight is 481 g/mol. The number of rotatable bonds is 9. The van der Waals surface area contributed by atoms with Gasteiger partial charge < -0.3 is 25.2 Å². The van der Waals surface area contributed by atoms with Gasteiger partial charge in [0.1, 0.15) is 6.04 Å². The summed E-state index contributed by atoms with van der Waals surface area (Å²) in [6.07, 6.45) is -0.194. The first kappa shape index (κ1) is 25.7. The summed E-state index contributed by atoms with van der Waals surface area (Å²) in [6, 6.07) is 15.3. The number of amides is 3. The average Bonchev–Trinajstić information content (AvgIpc) is 2.87. The quantitative estimate of drug-likeness (QED) is 0.533. The summed E-state index contributed by atoms with van der Waals surface area (Å²) < 4.78 is 5.19. The number of ether oxygens (including phenoxy) is 1. The molecule has 2 aromatic rings. The van der Waals surface area contributed by atoms with Crippen LogP contribution >= 0.6 is 0 Å². The fourth-order valence-electron chi connectivity index (χ4n) is 3.70. The second kappa shape index (κ2) is 12.0. The molecule has 0 radical (unpaired) electrons. The number of para-hydroxylation sites is 1. The molecule has 0 bridgehead atoms. The van der Waals surface area contributed by atoms with Gasteiger partial charge in [0, 0.05) is 37.1 Å². The molecule has 35 heavy (non-hydrogen) atoms.